The molecule has 0 heterocycles. The fourth-order valence-electron chi connectivity index (χ4n) is 3.37. The molecule has 1 nitrogen and oxygen atoms in total. The summed E-state index contributed by atoms with van der Waals surface area (Å²) in [6.07, 6.45) is 8.10. The summed E-state index contributed by atoms with van der Waals surface area (Å²) in [7, 11) is 0. The maximum atomic E-state index is 6.13. The largest absolute Gasteiger partial charge is 0.330 e. The maximum absolute atomic E-state index is 6.13. The first kappa shape index (κ1) is 12.6. The van der Waals surface area contributed by atoms with Crippen LogP contribution in [0.15, 0.2) is 30.3 Å². The van der Waals surface area contributed by atoms with Gasteiger partial charge in [0.15, 0.2) is 0 Å². The Morgan fingerprint density at radius 1 is 1.18 bits per heavy atom. The quantitative estimate of drug-likeness (QED) is 0.818. The number of rotatable bonds is 5. The average molecular weight is 231 g/mol. The van der Waals surface area contributed by atoms with Crippen molar-refractivity contribution in [3.05, 3.63) is 35.9 Å². The van der Waals surface area contributed by atoms with E-state index in [1.807, 2.05) is 0 Å². The Balaban J connectivity index is 2.19. The third-order valence-corrected chi connectivity index (χ3v) is 4.61. The van der Waals surface area contributed by atoms with Gasteiger partial charge in [-0.25, -0.2) is 0 Å². The van der Waals surface area contributed by atoms with E-state index in [0.717, 1.165) is 18.9 Å². The molecule has 1 aliphatic rings. The molecule has 2 rings (SSSR count). The van der Waals surface area contributed by atoms with Crippen LogP contribution in [-0.2, 0) is 5.41 Å². The molecule has 94 valence electrons. The first-order valence-electron chi connectivity index (χ1n) is 7.06. The van der Waals surface area contributed by atoms with Gasteiger partial charge in [-0.2, -0.15) is 0 Å². The summed E-state index contributed by atoms with van der Waals surface area (Å²) in [4.78, 5) is 0. The average Bonchev–Trinajstić information content (AvgIpc) is 2.90. The molecule has 0 spiro atoms. The summed E-state index contributed by atoms with van der Waals surface area (Å²) >= 11 is 0. The van der Waals surface area contributed by atoms with Gasteiger partial charge in [0, 0.05) is 12.0 Å². The van der Waals surface area contributed by atoms with E-state index < -0.39 is 0 Å². The Bertz CT molecular complexity index is 321. The van der Waals surface area contributed by atoms with Crippen LogP contribution in [0.25, 0.3) is 0 Å². The van der Waals surface area contributed by atoms with E-state index in [9.17, 15) is 0 Å². The molecule has 0 aromatic heterocycles. The lowest BCUT2D eigenvalue weighted by Crippen LogP contribution is -2.36. The molecule has 2 N–H and O–H groups in total. The molecule has 0 saturated heterocycles. The van der Waals surface area contributed by atoms with E-state index in [2.05, 4.69) is 37.3 Å². The Kier molecular flexibility index (Phi) is 4.22. The van der Waals surface area contributed by atoms with Crippen molar-refractivity contribution >= 4 is 0 Å². The first-order valence-corrected chi connectivity index (χ1v) is 7.06. The van der Waals surface area contributed by atoms with Gasteiger partial charge in [-0.15, -0.1) is 0 Å². The molecule has 17 heavy (non-hydrogen) atoms. The molecule has 1 aromatic rings. The zero-order valence-electron chi connectivity index (χ0n) is 11.0. The minimum absolute atomic E-state index is 0.219. The lowest BCUT2D eigenvalue weighted by molar-refractivity contribution is 0.312. The van der Waals surface area contributed by atoms with Crippen molar-refractivity contribution in [2.45, 2.75) is 50.9 Å². The smallest absolute Gasteiger partial charge is 0.00755 e. The molecule has 1 aliphatic carbocycles. The van der Waals surface area contributed by atoms with Crippen LogP contribution >= 0.6 is 0 Å². The summed E-state index contributed by atoms with van der Waals surface area (Å²) in [5.74, 6) is 0.902. The van der Waals surface area contributed by atoms with Crippen LogP contribution in [0.5, 0.6) is 0 Å². The molecule has 1 fully saturated rings. The molecular weight excluding hydrogens is 206 g/mol. The van der Waals surface area contributed by atoms with E-state index in [1.54, 1.807) is 0 Å². The zero-order chi connectivity index (χ0) is 12.1. The minimum atomic E-state index is 0.219. The van der Waals surface area contributed by atoms with Gasteiger partial charge >= 0.3 is 0 Å². The third-order valence-electron chi connectivity index (χ3n) is 4.61. The highest BCUT2D eigenvalue weighted by atomic mass is 14.6. The summed E-state index contributed by atoms with van der Waals surface area (Å²) in [5.41, 5.74) is 7.79. The molecule has 1 unspecified atom stereocenters. The molecule has 1 atom stereocenters. The molecular formula is C16H25N. The highest BCUT2D eigenvalue weighted by Gasteiger charge is 2.32. The van der Waals surface area contributed by atoms with Crippen LogP contribution in [-0.4, -0.2) is 6.54 Å². The lowest BCUT2D eigenvalue weighted by atomic mass is 9.71. The predicted octanol–water partition coefficient (Wildman–Crippen LogP) is 3.87. The van der Waals surface area contributed by atoms with Crippen molar-refractivity contribution in [1.29, 1.82) is 0 Å². The van der Waals surface area contributed by atoms with Gasteiger partial charge < -0.3 is 5.73 Å². The Morgan fingerprint density at radius 2 is 1.82 bits per heavy atom. The van der Waals surface area contributed by atoms with Crippen LogP contribution in [0.2, 0.25) is 0 Å². The Hall–Kier alpha value is -0.820. The van der Waals surface area contributed by atoms with Crippen molar-refractivity contribution in [3.63, 3.8) is 0 Å². The topological polar surface area (TPSA) is 26.0 Å². The van der Waals surface area contributed by atoms with Gasteiger partial charge in [0.1, 0.15) is 0 Å². The fourth-order valence-corrected chi connectivity index (χ4v) is 3.37. The molecule has 1 aromatic carbocycles. The number of hydrogen-bond donors (Lipinski definition) is 1. The molecule has 0 bridgehead atoms. The number of hydrogen-bond acceptors (Lipinski definition) is 1. The Morgan fingerprint density at radius 3 is 2.35 bits per heavy atom. The van der Waals surface area contributed by atoms with E-state index in [0.29, 0.717) is 0 Å². The molecule has 1 saturated carbocycles. The molecule has 0 radical (unpaired) electrons. The predicted molar refractivity (Wildman–Crippen MR) is 74.0 cm³/mol. The van der Waals surface area contributed by atoms with Crippen LogP contribution in [0.3, 0.4) is 0 Å². The summed E-state index contributed by atoms with van der Waals surface area (Å²) in [6.45, 7) is 3.07. The third kappa shape index (κ3) is 2.71. The van der Waals surface area contributed by atoms with Crippen LogP contribution in [0.1, 0.15) is 51.0 Å². The zero-order valence-corrected chi connectivity index (χ0v) is 11.0. The van der Waals surface area contributed by atoms with Gasteiger partial charge in [0.2, 0.25) is 0 Å². The van der Waals surface area contributed by atoms with Crippen molar-refractivity contribution in [1.82, 2.24) is 0 Å². The van der Waals surface area contributed by atoms with E-state index >= 15 is 0 Å². The normalized spacial score (nSPS) is 20.4. The highest BCUT2D eigenvalue weighted by Crippen LogP contribution is 2.39. The minimum Gasteiger partial charge on any atom is -0.330 e. The van der Waals surface area contributed by atoms with Crippen LogP contribution in [0.4, 0.5) is 0 Å². The maximum Gasteiger partial charge on any atom is 0.00755 e. The van der Waals surface area contributed by atoms with Gasteiger partial charge in [-0.05, 0) is 24.3 Å². The summed E-state index contributed by atoms with van der Waals surface area (Å²) in [5, 5.41) is 0. The summed E-state index contributed by atoms with van der Waals surface area (Å²) in [6, 6.07) is 10.9. The lowest BCUT2D eigenvalue weighted by Gasteiger charge is -2.34. The second-order valence-electron chi connectivity index (χ2n) is 5.56. The monoisotopic (exact) mass is 231 g/mol. The van der Waals surface area contributed by atoms with Gasteiger partial charge in [-0.1, -0.05) is 62.9 Å². The number of nitrogens with two attached hydrogens (primary N) is 1. The van der Waals surface area contributed by atoms with Crippen LogP contribution < -0.4 is 5.73 Å². The second kappa shape index (κ2) is 5.68. The SMILES string of the molecule is CCC(CN)(CC1CCCC1)c1ccccc1. The standard InChI is InChI=1S/C16H25N/c1-2-16(13-17,12-14-8-6-7-9-14)15-10-4-3-5-11-15/h3-5,10-11,14H,2,6-9,12-13,17H2,1H3. The second-order valence-corrected chi connectivity index (χ2v) is 5.56. The molecule has 1 heteroatoms. The van der Waals surface area contributed by atoms with Gasteiger partial charge in [0.05, 0.1) is 0 Å². The van der Waals surface area contributed by atoms with Crippen LogP contribution in [0, 0.1) is 5.92 Å². The van der Waals surface area contributed by atoms with Crippen molar-refractivity contribution in [2.24, 2.45) is 11.7 Å². The van der Waals surface area contributed by atoms with E-state index in [4.69, 9.17) is 5.73 Å². The van der Waals surface area contributed by atoms with Gasteiger partial charge in [-0.3, -0.25) is 0 Å². The number of benzene rings is 1. The highest BCUT2D eigenvalue weighted by molar-refractivity contribution is 5.26. The first-order chi connectivity index (χ1) is 8.30. The Labute approximate surface area is 105 Å². The molecule has 0 aliphatic heterocycles. The summed E-state index contributed by atoms with van der Waals surface area (Å²) < 4.78 is 0. The van der Waals surface area contributed by atoms with E-state index in [-0.39, 0.29) is 5.41 Å². The molecule has 0 amide bonds. The van der Waals surface area contributed by atoms with Crippen molar-refractivity contribution < 1.29 is 0 Å². The van der Waals surface area contributed by atoms with Gasteiger partial charge in [0.25, 0.3) is 0 Å². The van der Waals surface area contributed by atoms with E-state index in [1.165, 1.54) is 37.7 Å². The van der Waals surface area contributed by atoms with Crippen molar-refractivity contribution in [2.75, 3.05) is 6.54 Å². The fraction of sp³-hybridized carbons (Fsp3) is 0.625. The van der Waals surface area contributed by atoms with Crippen molar-refractivity contribution in [3.8, 4) is 0 Å².